The summed E-state index contributed by atoms with van der Waals surface area (Å²) in [5.74, 6) is -0.125. The van der Waals surface area contributed by atoms with Crippen LogP contribution in [-0.2, 0) is 4.79 Å². The first-order valence-corrected chi connectivity index (χ1v) is 5.21. The number of carbonyl (C=O) groups is 1. The first kappa shape index (κ1) is 11.6. The van der Waals surface area contributed by atoms with Gasteiger partial charge in [0.15, 0.2) is 5.78 Å². The molecule has 5 heteroatoms. The average molecular weight is 224 g/mol. The molecule has 1 saturated heterocycles. The Labute approximate surface area is 84.7 Å². The average Bonchev–Trinajstić information content (AvgIpc) is 2.49. The van der Waals surface area contributed by atoms with Crippen molar-refractivity contribution in [3.63, 3.8) is 0 Å². The van der Waals surface area contributed by atoms with E-state index in [2.05, 4.69) is 6.58 Å². The minimum atomic E-state index is -4.59. The zero-order valence-corrected chi connectivity index (χ0v) is 8.60. The molecule has 1 nitrogen and oxygen atoms in total. The highest BCUT2D eigenvalue weighted by Crippen LogP contribution is 2.42. The second-order valence-corrected chi connectivity index (χ2v) is 5.09. The molecule has 0 aromatic rings. The SMILES string of the molecule is C=C(C(=O)C1(C)CCCS1)C(F)(F)F. The van der Waals surface area contributed by atoms with E-state index in [9.17, 15) is 18.0 Å². The van der Waals surface area contributed by atoms with Gasteiger partial charge in [0.2, 0.25) is 0 Å². The topological polar surface area (TPSA) is 17.1 Å². The van der Waals surface area contributed by atoms with Gasteiger partial charge >= 0.3 is 6.18 Å². The minimum absolute atomic E-state index is 0.506. The summed E-state index contributed by atoms with van der Waals surface area (Å²) in [5, 5.41) is 0. The smallest absolute Gasteiger partial charge is 0.293 e. The molecule has 0 aliphatic carbocycles. The lowest BCUT2D eigenvalue weighted by atomic mass is 9.95. The number of ketones is 1. The third-order valence-electron chi connectivity index (χ3n) is 2.32. The van der Waals surface area contributed by atoms with Crippen molar-refractivity contribution < 1.29 is 18.0 Å². The molecular weight excluding hydrogens is 213 g/mol. The molecule has 1 unspecified atom stereocenters. The van der Waals surface area contributed by atoms with Gasteiger partial charge in [-0.25, -0.2) is 0 Å². The predicted octanol–water partition coefficient (Wildman–Crippen LogP) is 2.96. The molecule has 0 aromatic heterocycles. The Morgan fingerprint density at radius 2 is 2.07 bits per heavy atom. The Hall–Kier alpha value is -0.450. The zero-order chi connectivity index (χ0) is 11.0. The fraction of sp³-hybridized carbons (Fsp3) is 0.667. The van der Waals surface area contributed by atoms with E-state index in [0.29, 0.717) is 6.42 Å². The lowest BCUT2D eigenvalue weighted by Gasteiger charge is -2.22. The number of carbonyl (C=O) groups excluding carboxylic acids is 1. The molecular formula is C9H11F3OS. The molecule has 80 valence electrons. The van der Waals surface area contributed by atoms with Crippen LogP contribution >= 0.6 is 11.8 Å². The minimum Gasteiger partial charge on any atom is -0.293 e. The van der Waals surface area contributed by atoms with E-state index in [1.165, 1.54) is 11.8 Å². The van der Waals surface area contributed by atoms with Crippen LogP contribution in [0.25, 0.3) is 0 Å². The molecule has 0 saturated carbocycles. The number of Topliss-reactive ketones (excluding diaryl/α,β-unsaturated/α-hetero) is 1. The second-order valence-electron chi connectivity index (χ2n) is 3.49. The van der Waals surface area contributed by atoms with Gasteiger partial charge in [-0.05, 0) is 25.5 Å². The molecule has 0 N–H and O–H groups in total. The summed E-state index contributed by atoms with van der Waals surface area (Å²) in [5.41, 5.74) is -1.23. The van der Waals surface area contributed by atoms with Crippen molar-refractivity contribution in [2.24, 2.45) is 0 Å². The number of alkyl halides is 3. The lowest BCUT2D eigenvalue weighted by molar-refractivity contribution is -0.130. The fourth-order valence-corrected chi connectivity index (χ4v) is 2.69. The zero-order valence-electron chi connectivity index (χ0n) is 7.78. The molecule has 0 radical (unpaired) electrons. The number of hydrogen-bond donors (Lipinski definition) is 0. The number of halogens is 3. The highest BCUT2D eigenvalue weighted by molar-refractivity contribution is 8.01. The maximum Gasteiger partial charge on any atom is 0.419 e. The Kier molecular flexibility index (Phi) is 2.99. The Morgan fingerprint density at radius 1 is 1.50 bits per heavy atom. The third-order valence-corrected chi connectivity index (χ3v) is 3.83. The van der Waals surface area contributed by atoms with Crippen molar-refractivity contribution in [1.29, 1.82) is 0 Å². The first-order chi connectivity index (χ1) is 6.27. The standard InChI is InChI=1S/C9H11F3OS/c1-6(9(10,11)12)7(13)8(2)4-3-5-14-8/h1,3-5H2,2H3. The Balaban J connectivity index is 2.80. The summed E-state index contributed by atoms with van der Waals surface area (Å²) in [6.07, 6.45) is -3.30. The van der Waals surface area contributed by atoms with E-state index >= 15 is 0 Å². The van der Waals surface area contributed by atoms with E-state index in [1.807, 2.05) is 0 Å². The Morgan fingerprint density at radius 3 is 2.43 bits per heavy atom. The molecule has 1 atom stereocenters. The molecule has 0 amide bonds. The third kappa shape index (κ3) is 2.13. The number of thioether (sulfide) groups is 1. The van der Waals surface area contributed by atoms with Gasteiger partial charge in [0.1, 0.15) is 0 Å². The van der Waals surface area contributed by atoms with Crippen LogP contribution in [0.5, 0.6) is 0 Å². The predicted molar refractivity (Wildman–Crippen MR) is 50.3 cm³/mol. The van der Waals surface area contributed by atoms with Gasteiger partial charge in [-0.1, -0.05) is 6.58 Å². The van der Waals surface area contributed by atoms with Crippen molar-refractivity contribution in [3.8, 4) is 0 Å². The fourth-order valence-electron chi connectivity index (χ4n) is 1.41. The highest BCUT2D eigenvalue weighted by Gasteiger charge is 2.46. The summed E-state index contributed by atoms with van der Waals surface area (Å²) >= 11 is 1.29. The van der Waals surface area contributed by atoms with Crippen LogP contribution in [0.15, 0.2) is 12.2 Å². The van der Waals surface area contributed by atoms with Crippen LogP contribution in [0.2, 0.25) is 0 Å². The quantitative estimate of drug-likeness (QED) is 0.671. The monoisotopic (exact) mass is 224 g/mol. The summed E-state index contributed by atoms with van der Waals surface area (Å²) in [4.78, 5) is 11.5. The van der Waals surface area contributed by atoms with Gasteiger partial charge < -0.3 is 0 Å². The summed E-state index contributed by atoms with van der Waals surface area (Å²) in [7, 11) is 0. The van der Waals surface area contributed by atoms with Gasteiger partial charge in [0.25, 0.3) is 0 Å². The van der Waals surface area contributed by atoms with E-state index in [-0.39, 0.29) is 0 Å². The van der Waals surface area contributed by atoms with Crippen LogP contribution in [-0.4, -0.2) is 22.5 Å². The van der Waals surface area contributed by atoms with E-state index < -0.39 is 22.3 Å². The molecule has 14 heavy (non-hydrogen) atoms. The number of rotatable bonds is 2. The summed E-state index contributed by atoms with van der Waals surface area (Å²) < 4.78 is 35.7. The molecule has 1 heterocycles. The summed E-state index contributed by atoms with van der Waals surface area (Å²) in [6.45, 7) is 4.39. The lowest BCUT2D eigenvalue weighted by Crippen LogP contribution is -2.34. The van der Waals surface area contributed by atoms with Crippen molar-refractivity contribution >= 4 is 17.5 Å². The van der Waals surface area contributed by atoms with Crippen molar-refractivity contribution in [1.82, 2.24) is 0 Å². The largest absolute Gasteiger partial charge is 0.419 e. The number of hydrogen-bond acceptors (Lipinski definition) is 2. The molecule has 1 rings (SSSR count). The van der Waals surface area contributed by atoms with Crippen LogP contribution < -0.4 is 0 Å². The highest BCUT2D eigenvalue weighted by atomic mass is 32.2. The van der Waals surface area contributed by atoms with Gasteiger partial charge in [0.05, 0.1) is 10.3 Å². The van der Waals surface area contributed by atoms with Crippen molar-refractivity contribution in [2.45, 2.75) is 30.7 Å². The normalized spacial score (nSPS) is 27.7. The van der Waals surface area contributed by atoms with Crippen LogP contribution in [0.4, 0.5) is 13.2 Å². The molecule has 0 aromatic carbocycles. The van der Waals surface area contributed by atoms with Gasteiger partial charge in [0, 0.05) is 0 Å². The molecule has 1 aliphatic heterocycles. The second kappa shape index (κ2) is 3.61. The van der Waals surface area contributed by atoms with Gasteiger partial charge in [-0.15, -0.1) is 11.8 Å². The van der Waals surface area contributed by atoms with Crippen LogP contribution in [0, 0.1) is 0 Å². The Bertz CT molecular complexity index is 264. The van der Waals surface area contributed by atoms with Crippen LogP contribution in [0.1, 0.15) is 19.8 Å². The molecule has 0 bridgehead atoms. The van der Waals surface area contributed by atoms with Crippen molar-refractivity contribution in [2.75, 3.05) is 5.75 Å². The van der Waals surface area contributed by atoms with E-state index in [4.69, 9.17) is 0 Å². The van der Waals surface area contributed by atoms with Gasteiger partial charge in [-0.2, -0.15) is 13.2 Å². The van der Waals surface area contributed by atoms with E-state index in [1.54, 1.807) is 6.92 Å². The molecule has 1 fully saturated rings. The van der Waals surface area contributed by atoms with Crippen molar-refractivity contribution in [3.05, 3.63) is 12.2 Å². The maximum absolute atomic E-state index is 12.2. The molecule has 0 spiro atoms. The van der Waals surface area contributed by atoms with Crippen LogP contribution in [0.3, 0.4) is 0 Å². The summed E-state index contributed by atoms with van der Waals surface area (Å²) in [6, 6.07) is 0. The number of allylic oxidation sites excluding steroid dienone is 1. The molecule has 1 aliphatic rings. The van der Waals surface area contributed by atoms with Gasteiger partial charge in [-0.3, -0.25) is 4.79 Å². The van der Waals surface area contributed by atoms with E-state index in [0.717, 1.165) is 12.2 Å². The first-order valence-electron chi connectivity index (χ1n) is 4.22. The maximum atomic E-state index is 12.2.